The van der Waals surface area contributed by atoms with E-state index in [1.165, 1.54) is 14.2 Å². The van der Waals surface area contributed by atoms with E-state index in [4.69, 9.17) is 13.6 Å². The molecule has 2 rings (SSSR count). The van der Waals surface area contributed by atoms with Crippen molar-refractivity contribution in [3.8, 4) is 11.7 Å². The van der Waals surface area contributed by atoms with Gasteiger partial charge >= 0.3 is 5.97 Å². The Bertz CT molecular complexity index is 599. The van der Waals surface area contributed by atoms with Gasteiger partial charge in [0.05, 0.1) is 19.4 Å². The number of carbonyl (C=O) groups is 1. The van der Waals surface area contributed by atoms with Gasteiger partial charge in [0.2, 0.25) is 11.5 Å². The summed E-state index contributed by atoms with van der Waals surface area (Å²) in [5.41, 5.74) is 0.997. The van der Waals surface area contributed by atoms with Gasteiger partial charge in [0.1, 0.15) is 5.69 Å². The number of oxazole rings is 2. The SMILES string of the molecule is COCc1nc(-c2oc(C)nc2C)oc1C(=O)OC. The lowest BCUT2D eigenvalue weighted by Gasteiger charge is -1.96. The molecular weight excluding hydrogens is 252 g/mol. The average Bonchev–Trinajstić information content (AvgIpc) is 2.92. The van der Waals surface area contributed by atoms with E-state index in [9.17, 15) is 4.79 Å². The number of hydrogen-bond donors (Lipinski definition) is 0. The quantitative estimate of drug-likeness (QED) is 0.780. The molecule has 0 saturated heterocycles. The highest BCUT2D eigenvalue weighted by Crippen LogP contribution is 2.26. The van der Waals surface area contributed by atoms with Crippen LogP contribution in [0.2, 0.25) is 0 Å². The highest BCUT2D eigenvalue weighted by molar-refractivity contribution is 5.87. The minimum Gasteiger partial charge on any atom is -0.463 e. The third-order valence-electron chi connectivity index (χ3n) is 2.45. The fourth-order valence-electron chi connectivity index (χ4n) is 1.67. The lowest BCUT2D eigenvalue weighted by Crippen LogP contribution is -2.04. The summed E-state index contributed by atoms with van der Waals surface area (Å²) in [6, 6.07) is 0. The molecule has 7 nitrogen and oxygen atoms in total. The molecule has 2 aromatic rings. The molecule has 0 N–H and O–H groups in total. The second-order valence-corrected chi connectivity index (χ2v) is 3.87. The number of esters is 1. The van der Waals surface area contributed by atoms with Crippen LogP contribution >= 0.6 is 0 Å². The van der Waals surface area contributed by atoms with E-state index in [2.05, 4.69) is 14.7 Å². The van der Waals surface area contributed by atoms with Crippen LogP contribution in [-0.2, 0) is 16.1 Å². The zero-order chi connectivity index (χ0) is 14.0. The summed E-state index contributed by atoms with van der Waals surface area (Å²) >= 11 is 0. The molecule has 0 aliphatic carbocycles. The number of rotatable bonds is 4. The first-order valence-corrected chi connectivity index (χ1v) is 5.58. The maximum Gasteiger partial charge on any atom is 0.376 e. The lowest BCUT2D eigenvalue weighted by atomic mass is 10.3. The highest BCUT2D eigenvalue weighted by Gasteiger charge is 2.24. The van der Waals surface area contributed by atoms with Crippen molar-refractivity contribution < 1.29 is 23.1 Å². The normalized spacial score (nSPS) is 10.7. The standard InChI is InChI=1S/C12H14N2O5/c1-6-9(18-7(2)13-6)11-14-8(5-16-3)10(19-11)12(15)17-4/h5H2,1-4H3. The molecule has 0 fully saturated rings. The van der Waals surface area contributed by atoms with Crippen molar-refractivity contribution in [2.75, 3.05) is 14.2 Å². The Labute approximate surface area is 109 Å². The summed E-state index contributed by atoms with van der Waals surface area (Å²) in [5.74, 6) is 0.474. The maximum absolute atomic E-state index is 11.6. The predicted molar refractivity (Wildman–Crippen MR) is 63.5 cm³/mol. The molecule has 0 amide bonds. The van der Waals surface area contributed by atoms with Crippen molar-refractivity contribution in [2.45, 2.75) is 20.5 Å². The Morgan fingerprint density at radius 1 is 1.21 bits per heavy atom. The molecule has 0 atom stereocenters. The van der Waals surface area contributed by atoms with Crippen LogP contribution in [0.5, 0.6) is 0 Å². The van der Waals surface area contributed by atoms with E-state index in [1.54, 1.807) is 13.8 Å². The monoisotopic (exact) mass is 266 g/mol. The number of methoxy groups -OCH3 is 2. The molecule has 0 aliphatic rings. The molecule has 2 aromatic heterocycles. The largest absolute Gasteiger partial charge is 0.463 e. The van der Waals surface area contributed by atoms with Crippen LogP contribution in [0.1, 0.15) is 27.8 Å². The molecule has 7 heteroatoms. The molecule has 0 aromatic carbocycles. The van der Waals surface area contributed by atoms with Gasteiger partial charge in [0.15, 0.2) is 5.89 Å². The number of hydrogen-bond acceptors (Lipinski definition) is 7. The number of carbonyl (C=O) groups excluding carboxylic acids is 1. The van der Waals surface area contributed by atoms with Crippen LogP contribution < -0.4 is 0 Å². The maximum atomic E-state index is 11.6. The first-order valence-electron chi connectivity index (χ1n) is 5.58. The van der Waals surface area contributed by atoms with E-state index < -0.39 is 5.97 Å². The van der Waals surface area contributed by atoms with Crippen molar-refractivity contribution in [3.63, 3.8) is 0 Å². The van der Waals surface area contributed by atoms with E-state index >= 15 is 0 Å². The van der Waals surface area contributed by atoms with Gasteiger partial charge < -0.3 is 18.3 Å². The van der Waals surface area contributed by atoms with Crippen molar-refractivity contribution in [2.24, 2.45) is 0 Å². The minimum absolute atomic E-state index is 0.00723. The molecule has 102 valence electrons. The van der Waals surface area contributed by atoms with Gasteiger partial charge in [-0.1, -0.05) is 0 Å². The molecule has 19 heavy (non-hydrogen) atoms. The van der Waals surface area contributed by atoms with Crippen LogP contribution in [0, 0.1) is 13.8 Å². The number of aryl methyl sites for hydroxylation is 2. The van der Waals surface area contributed by atoms with Crippen molar-refractivity contribution in [1.29, 1.82) is 0 Å². The van der Waals surface area contributed by atoms with Crippen molar-refractivity contribution in [3.05, 3.63) is 23.0 Å². The summed E-state index contributed by atoms with van der Waals surface area (Å²) < 4.78 is 20.4. The summed E-state index contributed by atoms with van der Waals surface area (Å²) in [7, 11) is 2.77. The Balaban J connectivity index is 2.48. The average molecular weight is 266 g/mol. The lowest BCUT2D eigenvalue weighted by molar-refractivity contribution is 0.0559. The molecule has 0 saturated carbocycles. The Morgan fingerprint density at radius 3 is 2.47 bits per heavy atom. The molecule has 2 heterocycles. The summed E-state index contributed by atoms with van der Waals surface area (Å²) in [4.78, 5) is 19.9. The molecule has 0 aliphatic heterocycles. The second-order valence-electron chi connectivity index (χ2n) is 3.87. The molecule has 0 bridgehead atoms. The number of ether oxygens (including phenoxy) is 2. The Morgan fingerprint density at radius 2 is 1.95 bits per heavy atom. The number of nitrogens with zero attached hydrogens (tertiary/aromatic N) is 2. The van der Waals surface area contributed by atoms with Crippen LogP contribution in [-0.4, -0.2) is 30.2 Å². The van der Waals surface area contributed by atoms with Crippen LogP contribution in [0.3, 0.4) is 0 Å². The number of aromatic nitrogens is 2. The van der Waals surface area contributed by atoms with Gasteiger partial charge in [-0.05, 0) is 6.92 Å². The smallest absolute Gasteiger partial charge is 0.376 e. The third kappa shape index (κ3) is 2.50. The first-order chi connectivity index (χ1) is 9.06. The minimum atomic E-state index is -0.611. The van der Waals surface area contributed by atoms with E-state index in [1.807, 2.05) is 0 Å². The highest BCUT2D eigenvalue weighted by atomic mass is 16.5. The summed E-state index contributed by atoms with van der Waals surface area (Å²) in [6.07, 6.45) is 0. The van der Waals surface area contributed by atoms with E-state index in [0.717, 1.165) is 0 Å². The fraction of sp³-hybridized carbons (Fsp3) is 0.417. The Kier molecular flexibility index (Phi) is 3.66. The van der Waals surface area contributed by atoms with Crippen molar-refractivity contribution in [1.82, 2.24) is 9.97 Å². The second kappa shape index (κ2) is 5.23. The van der Waals surface area contributed by atoms with Crippen LogP contribution in [0.25, 0.3) is 11.7 Å². The zero-order valence-corrected chi connectivity index (χ0v) is 11.1. The van der Waals surface area contributed by atoms with Crippen molar-refractivity contribution >= 4 is 5.97 Å². The van der Waals surface area contributed by atoms with Gasteiger partial charge in [-0.15, -0.1) is 0 Å². The van der Waals surface area contributed by atoms with Crippen LogP contribution in [0.4, 0.5) is 0 Å². The van der Waals surface area contributed by atoms with Gasteiger partial charge in [-0.25, -0.2) is 14.8 Å². The van der Waals surface area contributed by atoms with E-state index in [0.29, 0.717) is 23.0 Å². The Hall–Kier alpha value is -2.15. The first kappa shape index (κ1) is 13.3. The van der Waals surface area contributed by atoms with Gasteiger partial charge in [0.25, 0.3) is 5.89 Å². The molecule has 0 radical (unpaired) electrons. The summed E-state index contributed by atoms with van der Waals surface area (Å²) in [5, 5.41) is 0. The molecule has 0 spiro atoms. The van der Waals surface area contributed by atoms with Gasteiger partial charge in [0, 0.05) is 14.0 Å². The van der Waals surface area contributed by atoms with E-state index in [-0.39, 0.29) is 18.3 Å². The zero-order valence-electron chi connectivity index (χ0n) is 11.1. The molecule has 0 unspecified atom stereocenters. The van der Waals surface area contributed by atoms with Crippen LogP contribution in [0.15, 0.2) is 8.83 Å². The summed E-state index contributed by atoms with van der Waals surface area (Å²) in [6.45, 7) is 3.63. The predicted octanol–water partition coefficient (Wildman–Crippen LogP) is 1.88. The van der Waals surface area contributed by atoms with Gasteiger partial charge in [-0.2, -0.15) is 0 Å². The molecular formula is C12H14N2O5. The van der Waals surface area contributed by atoms with Gasteiger partial charge in [-0.3, -0.25) is 0 Å². The fourth-order valence-corrected chi connectivity index (χ4v) is 1.67. The third-order valence-corrected chi connectivity index (χ3v) is 2.45. The topological polar surface area (TPSA) is 87.6 Å².